The van der Waals surface area contributed by atoms with Gasteiger partial charge >= 0.3 is 0 Å². The smallest absolute Gasteiger partial charge is 0.0934 e. The zero-order valence-corrected chi connectivity index (χ0v) is 29.9. The quantitative estimate of drug-likeness (QED) is 0.0531. The molecule has 0 saturated carbocycles. The lowest BCUT2D eigenvalue weighted by atomic mass is 10.1. The van der Waals surface area contributed by atoms with Crippen LogP contribution < -0.4 is 0 Å². The monoisotopic (exact) mass is 616 g/mol. The summed E-state index contributed by atoms with van der Waals surface area (Å²) in [7, 11) is 0. The van der Waals surface area contributed by atoms with Crippen molar-refractivity contribution < 1.29 is 9.47 Å². The zero-order valence-electron chi connectivity index (χ0n) is 29.9. The van der Waals surface area contributed by atoms with Crippen LogP contribution in [0.1, 0.15) is 181 Å². The first-order chi connectivity index (χ1) is 21.9. The van der Waals surface area contributed by atoms with Crippen molar-refractivity contribution in [1.82, 2.24) is 4.90 Å². The Morgan fingerprint density at radius 1 is 0.500 bits per heavy atom. The van der Waals surface area contributed by atoms with E-state index < -0.39 is 0 Å². The molecule has 0 bridgehead atoms. The molecule has 0 spiro atoms. The fraction of sp³-hybridized carbons (Fsp3) is 0.854. The second-order valence-electron chi connectivity index (χ2n) is 13.4. The number of nitrogens with zero attached hydrogens (tertiary/aromatic N) is 1. The molecule has 1 heterocycles. The van der Waals surface area contributed by atoms with Gasteiger partial charge in [0.15, 0.2) is 0 Å². The number of allylic oxidation sites excluding steroid dienone is 6. The third-order valence-electron chi connectivity index (χ3n) is 8.94. The molecule has 1 aliphatic heterocycles. The lowest BCUT2D eigenvalue weighted by molar-refractivity contribution is -0.0316. The highest BCUT2D eigenvalue weighted by atomic mass is 16.5. The first-order valence-corrected chi connectivity index (χ1v) is 19.7. The summed E-state index contributed by atoms with van der Waals surface area (Å²) in [6, 6.07) is 0. The molecule has 0 aliphatic carbocycles. The summed E-state index contributed by atoms with van der Waals surface area (Å²) in [4.78, 5) is 2.58. The van der Waals surface area contributed by atoms with Crippen molar-refractivity contribution in [1.29, 1.82) is 0 Å². The Morgan fingerprint density at radius 3 is 1.55 bits per heavy atom. The Kier molecular flexibility index (Phi) is 32.7. The molecule has 0 amide bonds. The van der Waals surface area contributed by atoms with Crippen molar-refractivity contribution >= 4 is 0 Å². The van der Waals surface area contributed by atoms with Gasteiger partial charge in [0, 0.05) is 19.8 Å². The highest BCUT2D eigenvalue weighted by Gasteiger charge is 2.18. The Bertz CT molecular complexity index is 637. The second kappa shape index (κ2) is 35.0. The zero-order chi connectivity index (χ0) is 31.4. The van der Waals surface area contributed by atoms with Crippen LogP contribution in [-0.2, 0) is 9.47 Å². The predicted octanol–water partition coefficient (Wildman–Crippen LogP) is 12.6. The van der Waals surface area contributed by atoms with Crippen LogP contribution in [0.25, 0.3) is 0 Å². The molecular weight excluding hydrogens is 538 g/mol. The topological polar surface area (TPSA) is 21.7 Å². The van der Waals surface area contributed by atoms with Gasteiger partial charge in [-0.05, 0) is 90.1 Å². The van der Waals surface area contributed by atoms with Crippen molar-refractivity contribution in [3.05, 3.63) is 36.5 Å². The van der Waals surface area contributed by atoms with Gasteiger partial charge in [0.05, 0.1) is 12.7 Å². The van der Waals surface area contributed by atoms with E-state index in [0.29, 0.717) is 0 Å². The number of hydrogen-bond acceptors (Lipinski definition) is 3. The second-order valence-corrected chi connectivity index (χ2v) is 13.4. The summed E-state index contributed by atoms with van der Waals surface area (Å²) < 4.78 is 12.5. The number of rotatable bonds is 34. The van der Waals surface area contributed by atoms with Crippen molar-refractivity contribution in [3.8, 4) is 0 Å². The molecule has 0 radical (unpaired) electrons. The lowest BCUT2D eigenvalue weighted by Crippen LogP contribution is -2.35. The summed E-state index contributed by atoms with van der Waals surface area (Å²) in [6.45, 7) is 10.6. The van der Waals surface area contributed by atoms with E-state index in [0.717, 1.165) is 32.8 Å². The maximum absolute atomic E-state index is 6.36. The Labute approximate surface area is 276 Å². The largest absolute Gasteiger partial charge is 0.379 e. The Hall–Kier alpha value is -0.900. The van der Waals surface area contributed by atoms with Crippen LogP contribution in [0.2, 0.25) is 0 Å². The van der Waals surface area contributed by atoms with Crippen molar-refractivity contribution in [2.45, 2.75) is 187 Å². The fourth-order valence-corrected chi connectivity index (χ4v) is 6.07. The molecule has 1 aliphatic rings. The number of hydrogen-bond donors (Lipinski definition) is 0. The van der Waals surface area contributed by atoms with E-state index in [1.807, 2.05) is 0 Å². The molecular formula is C41H77NO2. The van der Waals surface area contributed by atoms with Gasteiger partial charge in [0.25, 0.3) is 0 Å². The highest BCUT2D eigenvalue weighted by molar-refractivity contribution is 4.92. The van der Waals surface area contributed by atoms with Crippen LogP contribution in [0, 0.1) is 0 Å². The predicted molar refractivity (Wildman–Crippen MR) is 196 cm³/mol. The van der Waals surface area contributed by atoms with E-state index >= 15 is 0 Å². The summed E-state index contributed by atoms with van der Waals surface area (Å²) in [5.41, 5.74) is 0. The van der Waals surface area contributed by atoms with Gasteiger partial charge in [0.2, 0.25) is 0 Å². The molecule has 0 aromatic carbocycles. The molecule has 1 unspecified atom stereocenters. The molecule has 1 fully saturated rings. The number of likely N-dealkylation sites (tertiary alicyclic amines) is 1. The molecule has 3 nitrogen and oxygen atoms in total. The summed E-state index contributed by atoms with van der Waals surface area (Å²) >= 11 is 0. The highest BCUT2D eigenvalue weighted by Crippen LogP contribution is 2.13. The van der Waals surface area contributed by atoms with E-state index in [-0.39, 0.29) is 6.10 Å². The van der Waals surface area contributed by atoms with Gasteiger partial charge in [-0.1, -0.05) is 140 Å². The van der Waals surface area contributed by atoms with E-state index in [2.05, 4.69) is 55.2 Å². The van der Waals surface area contributed by atoms with Gasteiger partial charge in [-0.2, -0.15) is 0 Å². The molecule has 44 heavy (non-hydrogen) atoms. The molecule has 0 aromatic rings. The molecule has 0 aromatic heterocycles. The number of unbranched alkanes of at least 4 members (excludes halogenated alkanes) is 19. The first kappa shape index (κ1) is 41.1. The molecule has 1 atom stereocenters. The van der Waals surface area contributed by atoms with Crippen LogP contribution in [0.3, 0.4) is 0 Å². The fourth-order valence-electron chi connectivity index (χ4n) is 6.07. The van der Waals surface area contributed by atoms with Crippen molar-refractivity contribution in [2.75, 3.05) is 39.5 Å². The molecule has 258 valence electrons. The van der Waals surface area contributed by atoms with Gasteiger partial charge in [-0.15, -0.1) is 0 Å². The maximum Gasteiger partial charge on any atom is 0.0934 e. The number of ether oxygens (including phenoxy) is 2. The third-order valence-corrected chi connectivity index (χ3v) is 8.94. The van der Waals surface area contributed by atoms with E-state index in [4.69, 9.17) is 9.47 Å². The van der Waals surface area contributed by atoms with Crippen LogP contribution in [0.5, 0.6) is 0 Å². The minimum atomic E-state index is 0.242. The van der Waals surface area contributed by atoms with Gasteiger partial charge in [-0.25, -0.2) is 0 Å². The molecule has 1 rings (SSSR count). The molecule has 1 saturated heterocycles. The van der Waals surface area contributed by atoms with E-state index in [1.165, 1.54) is 174 Å². The van der Waals surface area contributed by atoms with E-state index in [1.54, 1.807) is 0 Å². The maximum atomic E-state index is 6.36. The van der Waals surface area contributed by atoms with Gasteiger partial charge in [-0.3, -0.25) is 0 Å². The minimum absolute atomic E-state index is 0.242. The molecule has 3 heteroatoms. The van der Waals surface area contributed by atoms with Crippen LogP contribution in [0.4, 0.5) is 0 Å². The summed E-state index contributed by atoms with van der Waals surface area (Å²) in [5, 5.41) is 0. The summed E-state index contributed by atoms with van der Waals surface area (Å²) in [5.74, 6) is 0. The van der Waals surface area contributed by atoms with Gasteiger partial charge < -0.3 is 14.4 Å². The average molecular weight is 616 g/mol. The Balaban J connectivity index is 1.96. The van der Waals surface area contributed by atoms with Crippen LogP contribution in [-0.4, -0.2) is 50.5 Å². The minimum Gasteiger partial charge on any atom is -0.379 e. The van der Waals surface area contributed by atoms with Gasteiger partial charge in [0.1, 0.15) is 0 Å². The van der Waals surface area contributed by atoms with E-state index in [9.17, 15) is 0 Å². The van der Waals surface area contributed by atoms with Crippen molar-refractivity contribution in [3.63, 3.8) is 0 Å². The molecule has 0 N–H and O–H groups in total. The normalized spacial score (nSPS) is 15.1. The van der Waals surface area contributed by atoms with Crippen LogP contribution >= 0.6 is 0 Å². The third kappa shape index (κ3) is 29.8. The first-order valence-electron chi connectivity index (χ1n) is 19.7. The standard InChI is InChI=1S/C41H77NO2/c1-3-5-7-9-11-13-15-17-19-20-22-24-26-28-30-34-38-44-41(39-42-35-31-32-36-42)40-43-37-33-29-27-25-23-21-18-16-14-12-10-8-6-4-2/h8,10,14,16-17,19,41H,3-7,9,11-13,15,18,20-40H2,1-2H3. The SMILES string of the molecule is CCCC=CCC=CCCCCCCCCOCC(CN1CCCC1)OCCCCCCCCC=CCCCCCCCC. The average Bonchev–Trinajstić information content (AvgIpc) is 3.55. The lowest BCUT2D eigenvalue weighted by Gasteiger charge is -2.24. The summed E-state index contributed by atoms with van der Waals surface area (Å²) in [6.07, 6.45) is 48.7. The van der Waals surface area contributed by atoms with Crippen LogP contribution in [0.15, 0.2) is 36.5 Å². The van der Waals surface area contributed by atoms with Crippen molar-refractivity contribution in [2.24, 2.45) is 0 Å². The Morgan fingerprint density at radius 2 is 0.977 bits per heavy atom.